The van der Waals surface area contributed by atoms with Crippen LogP contribution in [0.4, 0.5) is 0 Å². The highest BCUT2D eigenvalue weighted by molar-refractivity contribution is 7.80. The normalized spacial score (nSPS) is 26.2. The Labute approximate surface area is 124 Å². The molecule has 1 heterocycles. The Balaban J connectivity index is 2.10. The number of aryl methyl sites for hydroxylation is 1. The van der Waals surface area contributed by atoms with Crippen molar-refractivity contribution >= 4 is 23.1 Å². The first-order valence-corrected chi connectivity index (χ1v) is 7.43. The molecule has 1 saturated carbocycles. The zero-order valence-corrected chi connectivity index (χ0v) is 12.8. The number of amides is 1. The zero-order chi connectivity index (χ0) is 14.8. The minimum atomic E-state index is -0.578. The quantitative estimate of drug-likeness (QED) is 0.833. The third kappa shape index (κ3) is 3.00. The molecule has 0 saturated heterocycles. The van der Waals surface area contributed by atoms with Gasteiger partial charge in [0.2, 0.25) is 0 Å². The van der Waals surface area contributed by atoms with Crippen molar-refractivity contribution in [3.05, 3.63) is 17.5 Å². The smallest absolute Gasteiger partial charge is 0.274 e. The van der Waals surface area contributed by atoms with Crippen molar-refractivity contribution in [2.24, 2.45) is 11.7 Å². The van der Waals surface area contributed by atoms with Gasteiger partial charge in [0.05, 0.1) is 10.5 Å². The number of nitrogens with zero attached hydrogens (tertiary/aromatic N) is 1. The van der Waals surface area contributed by atoms with E-state index in [0.717, 1.165) is 32.1 Å². The van der Waals surface area contributed by atoms with Crippen LogP contribution in [0.25, 0.3) is 0 Å². The standard InChI is InChI=1S/C14H21N3O2S/c1-3-10-4-6-14(7-5-10,13(15)20)16-12(18)11-8-9(2)19-17-11/h8,10H,3-7H2,1-2H3,(H2,15,20)(H,16,18). The van der Waals surface area contributed by atoms with Crippen LogP contribution in [0.1, 0.15) is 55.3 Å². The molecule has 1 amide bonds. The summed E-state index contributed by atoms with van der Waals surface area (Å²) in [6.45, 7) is 3.94. The van der Waals surface area contributed by atoms with E-state index in [0.29, 0.717) is 16.7 Å². The Morgan fingerprint density at radius 3 is 2.70 bits per heavy atom. The van der Waals surface area contributed by atoms with E-state index >= 15 is 0 Å². The van der Waals surface area contributed by atoms with Crippen molar-refractivity contribution in [3.63, 3.8) is 0 Å². The van der Waals surface area contributed by atoms with E-state index < -0.39 is 5.54 Å². The first-order chi connectivity index (χ1) is 9.47. The summed E-state index contributed by atoms with van der Waals surface area (Å²) in [7, 11) is 0. The maximum absolute atomic E-state index is 12.2. The van der Waals surface area contributed by atoms with E-state index in [1.165, 1.54) is 0 Å². The van der Waals surface area contributed by atoms with Gasteiger partial charge in [-0.3, -0.25) is 4.79 Å². The molecule has 1 aromatic rings. The molecule has 1 fully saturated rings. The van der Waals surface area contributed by atoms with Crippen LogP contribution in [0.2, 0.25) is 0 Å². The SMILES string of the molecule is CCC1CCC(NC(=O)c2cc(C)on2)(C(N)=S)CC1. The number of rotatable bonds is 4. The van der Waals surface area contributed by atoms with E-state index in [4.69, 9.17) is 22.5 Å². The lowest BCUT2D eigenvalue weighted by atomic mass is 9.75. The summed E-state index contributed by atoms with van der Waals surface area (Å²) in [5, 5.41) is 6.71. The van der Waals surface area contributed by atoms with Crippen LogP contribution in [-0.2, 0) is 0 Å². The van der Waals surface area contributed by atoms with Gasteiger partial charge in [-0.05, 0) is 38.5 Å². The fourth-order valence-corrected chi connectivity index (χ4v) is 3.02. The second kappa shape index (κ2) is 5.91. The number of thiocarbonyl (C=S) groups is 1. The highest BCUT2D eigenvalue weighted by Gasteiger charge is 2.39. The summed E-state index contributed by atoms with van der Waals surface area (Å²) in [5.41, 5.74) is 5.59. The van der Waals surface area contributed by atoms with Crippen LogP contribution in [0.15, 0.2) is 10.6 Å². The second-order valence-corrected chi connectivity index (χ2v) is 6.01. The Bertz CT molecular complexity index is 504. The predicted octanol–water partition coefficient (Wildman–Crippen LogP) is 2.34. The highest BCUT2D eigenvalue weighted by Crippen LogP contribution is 2.34. The Morgan fingerprint density at radius 2 is 2.25 bits per heavy atom. The van der Waals surface area contributed by atoms with Gasteiger partial charge in [-0.1, -0.05) is 30.7 Å². The summed E-state index contributed by atoms with van der Waals surface area (Å²) in [4.78, 5) is 12.6. The zero-order valence-electron chi connectivity index (χ0n) is 11.9. The molecule has 0 radical (unpaired) electrons. The van der Waals surface area contributed by atoms with Gasteiger partial charge in [-0.15, -0.1) is 0 Å². The maximum Gasteiger partial charge on any atom is 0.274 e. The highest BCUT2D eigenvalue weighted by atomic mass is 32.1. The number of nitrogens with two attached hydrogens (primary N) is 1. The number of aromatic nitrogens is 1. The largest absolute Gasteiger partial charge is 0.391 e. The van der Waals surface area contributed by atoms with E-state index in [-0.39, 0.29) is 11.6 Å². The lowest BCUT2D eigenvalue weighted by molar-refractivity contribution is 0.0889. The van der Waals surface area contributed by atoms with Crippen LogP contribution >= 0.6 is 12.2 Å². The lowest BCUT2D eigenvalue weighted by Crippen LogP contribution is -2.58. The van der Waals surface area contributed by atoms with Crippen molar-refractivity contribution in [2.75, 3.05) is 0 Å². The number of carbonyl (C=O) groups is 1. The van der Waals surface area contributed by atoms with Gasteiger partial charge in [-0.2, -0.15) is 0 Å². The first-order valence-electron chi connectivity index (χ1n) is 7.02. The summed E-state index contributed by atoms with van der Waals surface area (Å²) < 4.78 is 4.93. The summed E-state index contributed by atoms with van der Waals surface area (Å²) in [6, 6.07) is 1.61. The molecular weight excluding hydrogens is 274 g/mol. The summed E-state index contributed by atoms with van der Waals surface area (Å²) in [6.07, 6.45) is 4.81. The summed E-state index contributed by atoms with van der Waals surface area (Å²) in [5.74, 6) is 1.03. The maximum atomic E-state index is 12.2. The average molecular weight is 295 g/mol. The monoisotopic (exact) mass is 295 g/mol. The molecule has 1 aliphatic rings. The molecule has 0 unspecified atom stereocenters. The van der Waals surface area contributed by atoms with Gasteiger partial charge in [0.1, 0.15) is 5.76 Å². The Kier molecular flexibility index (Phi) is 4.42. The Morgan fingerprint density at radius 1 is 1.60 bits per heavy atom. The van der Waals surface area contributed by atoms with E-state index in [1.807, 2.05) is 0 Å². The van der Waals surface area contributed by atoms with Crippen molar-refractivity contribution in [3.8, 4) is 0 Å². The molecular formula is C14H21N3O2S. The molecule has 1 aliphatic carbocycles. The van der Waals surface area contributed by atoms with E-state index in [1.54, 1.807) is 13.0 Å². The van der Waals surface area contributed by atoms with Crippen molar-refractivity contribution in [1.29, 1.82) is 0 Å². The number of carbonyl (C=O) groups excluding carboxylic acids is 1. The van der Waals surface area contributed by atoms with Crippen molar-refractivity contribution in [1.82, 2.24) is 10.5 Å². The molecule has 0 aliphatic heterocycles. The molecule has 0 bridgehead atoms. The Hall–Kier alpha value is -1.43. The molecule has 6 heteroatoms. The molecule has 3 N–H and O–H groups in total. The fraction of sp³-hybridized carbons (Fsp3) is 0.643. The minimum Gasteiger partial charge on any atom is -0.391 e. The molecule has 20 heavy (non-hydrogen) atoms. The molecule has 0 spiro atoms. The fourth-order valence-electron chi connectivity index (χ4n) is 2.77. The first kappa shape index (κ1) is 15.0. The van der Waals surface area contributed by atoms with Crippen LogP contribution in [0, 0.1) is 12.8 Å². The minimum absolute atomic E-state index is 0.274. The van der Waals surface area contributed by atoms with Gasteiger partial charge in [0, 0.05) is 6.07 Å². The topological polar surface area (TPSA) is 81.2 Å². The van der Waals surface area contributed by atoms with Gasteiger partial charge in [-0.25, -0.2) is 0 Å². The second-order valence-electron chi connectivity index (χ2n) is 5.57. The van der Waals surface area contributed by atoms with Crippen LogP contribution in [0.5, 0.6) is 0 Å². The van der Waals surface area contributed by atoms with Crippen molar-refractivity contribution in [2.45, 2.75) is 51.5 Å². The van der Waals surface area contributed by atoms with Crippen LogP contribution < -0.4 is 11.1 Å². The van der Waals surface area contributed by atoms with Crippen molar-refractivity contribution < 1.29 is 9.32 Å². The third-order valence-corrected chi connectivity index (χ3v) is 4.61. The van der Waals surface area contributed by atoms with Crippen LogP contribution in [0.3, 0.4) is 0 Å². The molecule has 5 nitrogen and oxygen atoms in total. The van der Waals surface area contributed by atoms with Gasteiger partial charge < -0.3 is 15.6 Å². The predicted molar refractivity (Wildman–Crippen MR) is 80.5 cm³/mol. The molecule has 2 rings (SSSR count). The van der Waals surface area contributed by atoms with E-state index in [9.17, 15) is 4.79 Å². The van der Waals surface area contributed by atoms with E-state index in [2.05, 4.69) is 17.4 Å². The summed E-state index contributed by atoms with van der Waals surface area (Å²) >= 11 is 5.20. The molecule has 1 aromatic heterocycles. The van der Waals surface area contributed by atoms with Gasteiger partial charge >= 0.3 is 0 Å². The molecule has 0 atom stereocenters. The third-order valence-electron chi connectivity index (χ3n) is 4.22. The van der Waals surface area contributed by atoms with Gasteiger partial charge in [0.15, 0.2) is 5.69 Å². The van der Waals surface area contributed by atoms with Crippen LogP contribution in [-0.4, -0.2) is 21.6 Å². The molecule has 110 valence electrons. The average Bonchev–Trinajstić information content (AvgIpc) is 2.86. The number of hydrogen-bond donors (Lipinski definition) is 2. The van der Waals surface area contributed by atoms with Gasteiger partial charge in [0.25, 0.3) is 5.91 Å². The number of hydrogen-bond acceptors (Lipinski definition) is 4. The number of nitrogens with one attached hydrogen (secondary N) is 1. The molecule has 0 aromatic carbocycles. The lowest BCUT2D eigenvalue weighted by Gasteiger charge is -2.39.